The number of benzene rings is 1. The van der Waals surface area contributed by atoms with Crippen LogP contribution in [0.15, 0.2) is 28.7 Å². The van der Waals surface area contributed by atoms with Gasteiger partial charge in [-0.2, -0.15) is 0 Å². The number of ether oxygens (including phenoxy) is 1. The fraction of sp³-hybridized carbons (Fsp3) is 0. The lowest BCUT2D eigenvalue weighted by Gasteiger charge is -1.90. The summed E-state index contributed by atoms with van der Waals surface area (Å²) in [6.45, 7) is 0. The summed E-state index contributed by atoms with van der Waals surface area (Å²) in [6.07, 6.45) is 1.37. The Morgan fingerprint density at radius 1 is 1.53 bits per heavy atom. The summed E-state index contributed by atoms with van der Waals surface area (Å²) in [6, 6.07) is 7.40. The van der Waals surface area contributed by atoms with E-state index in [1.54, 1.807) is 6.07 Å². The molecule has 0 spiro atoms. The van der Waals surface area contributed by atoms with Gasteiger partial charge >= 0.3 is 5.97 Å². The number of fused-ring (bicyclic) bond motifs is 1. The first-order valence-electron chi connectivity index (χ1n) is 4.00. The van der Waals surface area contributed by atoms with Gasteiger partial charge in [0.15, 0.2) is 0 Å². The number of carbonyl (C=O) groups is 1. The van der Waals surface area contributed by atoms with E-state index in [9.17, 15) is 4.79 Å². The third-order valence-corrected chi connectivity index (χ3v) is 3.92. The number of halogens is 1. The summed E-state index contributed by atoms with van der Waals surface area (Å²) in [5.74, 6) is -0.606. The standard InChI is InChI=1S/C10H4BrNO2S/c11-7-3-1-2-6-4-8(15-9(6)7)10(13)14-5-12/h1-4H. The zero-order valence-electron chi connectivity index (χ0n) is 7.36. The quantitative estimate of drug-likeness (QED) is 0.595. The highest BCUT2D eigenvalue weighted by Gasteiger charge is 2.12. The molecule has 74 valence electrons. The number of nitriles is 1. The Hall–Kier alpha value is -1.38. The smallest absolute Gasteiger partial charge is 0.346 e. The Morgan fingerprint density at radius 3 is 3.00 bits per heavy atom. The largest absolute Gasteiger partial charge is 0.363 e. The third kappa shape index (κ3) is 1.87. The number of hydrogen-bond acceptors (Lipinski definition) is 4. The molecule has 5 heteroatoms. The van der Waals surface area contributed by atoms with E-state index in [4.69, 9.17) is 5.26 Å². The zero-order valence-corrected chi connectivity index (χ0v) is 9.76. The first-order valence-corrected chi connectivity index (χ1v) is 5.61. The van der Waals surface area contributed by atoms with Crippen molar-refractivity contribution in [1.82, 2.24) is 0 Å². The van der Waals surface area contributed by atoms with E-state index in [0.717, 1.165) is 14.6 Å². The van der Waals surface area contributed by atoms with Crippen LogP contribution in [0.1, 0.15) is 9.67 Å². The van der Waals surface area contributed by atoms with Crippen molar-refractivity contribution in [3.63, 3.8) is 0 Å². The van der Waals surface area contributed by atoms with Crippen LogP contribution in [0.5, 0.6) is 0 Å². The first kappa shape index (κ1) is 10.1. The van der Waals surface area contributed by atoms with Crippen LogP contribution in [-0.2, 0) is 4.74 Å². The number of hydrogen-bond donors (Lipinski definition) is 0. The fourth-order valence-electron chi connectivity index (χ4n) is 1.22. The third-order valence-electron chi connectivity index (χ3n) is 1.84. The van der Waals surface area contributed by atoms with Gasteiger partial charge in [-0.25, -0.2) is 4.79 Å². The summed E-state index contributed by atoms with van der Waals surface area (Å²) in [5.41, 5.74) is 0. The van der Waals surface area contributed by atoms with Crippen LogP contribution in [0, 0.1) is 11.5 Å². The van der Waals surface area contributed by atoms with Gasteiger partial charge in [-0.15, -0.1) is 16.6 Å². The molecule has 1 aromatic heterocycles. The molecule has 0 unspecified atom stereocenters. The van der Waals surface area contributed by atoms with Crippen molar-refractivity contribution in [1.29, 1.82) is 5.26 Å². The van der Waals surface area contributed by atoms with Gasteiger partial charge in [0.05, 0.1) is 0 Å². The normalized spacial score (nSPS) is 9.87. The number of thiophene rings is 1. The summed E-state index contributed by atoms with van der Waals surface area (Å²) < 4.78 is 6.17. The van der Waals surface area contributed by atoms with Gasteiger partial charge in [0.25, 0.3) is 6.26 Å². The van der Waals surface area contributed by atoms with Crippen molar-refractivity contribution >= 4 is 43.3 Å². The van der Waals surface area contributed by atoms with Crippen molar-refractivity contribution in [3.05, 3.63) is 33.6 Å². The van der Waals surface area contributed by atoms with Gasteiger partial charge in [-0.05, 0) is 33.4 Å². The molecule has 0 atom stereocenters. The monoisotopic (exact) mass is 281 g/mol. The molecule has 0 amide bonds. The Kier molecular flexibility index (Phi) is 2.71. The Morgan fingerprint density at radius 2 is 2.33 bits per heavy atom. The van der Waals surface area contributed by atoms with Crippen LogP contribution in [0.4, 0.5) is 0 Å². The zero-order chi connectivity index (χ0) is 10.8. The second kappa shape index (κ2) is 4.01. The van der Waals surface area contributed by atoms with Gasteiger partial charge in [0, 0.05) is 9.17 Å². The second-order valence-corrected chi connectivity index (χ2v) is 4.66. The Balaban J connectivity index is 2.53. The van der Waals surface area contributed by atoms with Crippen LogP contribution in [0.25, 0.3) is 10.1 Å². The molecular formula is C10H4BrNO2S. The maximum Gasteiger partial charge on any atom is 0.363 e. The Labute approximate surface area is 98.0 Å². The molecule has 0 fully saturated rings. The molecule has 0 aliphatic rings. The van der Waals surface area contributed by atoms with Crippen molar-refractivity contribution in [2.45, 2.75) is 0 Å². The second-order valence-electron chi connectivity index (χ2n) is 2.75. The molecule has 3 nitrogen and oxygen atoms in total. The van der Waals surface area contributed by atoms with Crippen molar-refractivity contribution in [2.75, 3.05) is 0 Å². The molecule has 2 rings (SSSR count). The van der Waals surface area contributed by atoms with Crippen LogP contribution in [0.2, 0.25) is 0 Å². The van der Waals surface area contributed by atoms with Crippen LogP contribution >= 0.6 is 27.3 Å². The average molecular weight is 282 g/mol. The number of rotatable bonds is 1. The lowest BCUT2D eigenvalue weighted by atomic mass is 10.2. The lowest BCUT2D eigenvalue weighted by molar-refractivity contribution is 0.0690. The topological polar surface area (TPSA) is 50.1 Å². The van der Waals surface area contributed by atoms with Crippen molar-refractivity contribution in [3.8, 4) is 6.26 Å². The highest BCUT2D eigenvalue weighted by Crippen LogP contribution is 2.32. The molecule has 15 heavy (non-hydrogen) atoms. The molecule has 0 aliphatic carbocycles. The van der Waals surface area contributed by atoms with E-state index < -0.39 is 5.97 Å². The highest BCUT2D eigenvalue weighted by atomic mass is 79.9. The summed E-state index contributed by atoms with van der Waals surface area (Å²) in [5, 5.41) is 9.19. The predicted molar refractivity (Wildman–Crippen MR) is 60.6 cm³/mol. The molecule has 0 N–H and O–H groups in total. The summed E-state index contributed by atoms with van der Waals surface area (Å²) >= 11 is 4.69. The van der Waals surface area contributed by atoms with Crippen LogP contribution < -0.4 is 0 Å². The van der Waals surface area contributed by atoms with Gasteiger partial charge in [0.2, 0.25) is 0 Å². The van der Waals surface area contributed by atoms with E-state index in [1.807, 2.05) is 18.2 Å². The van der Waals surface area contributed by atoms with Crippen molar-refractivity contribution in [2.24, 2.45) is 0 Å². The minimum absolute atomic E-state index is 0.429. The summed E-state index contributed by atoms with van der Waals surface area (Å²) in [4.78, 5) is 11.7. The van der Waals surface area contributed by atoms with Crippen molar-refractivity contribution < 1.29 is 9.53 Å². The molecule has 0 aliphatic heterocycles. The van der Waals surface area contributed by atoms with E-state index in [-0.39, 0.29) is 0 Å². The van der Waals surface area contributed by atoms with E-state index >= 15 is 0 Å². The Bertz CT molecular complexity index is 570. The lowest BCUT2D eigenvalue weighted by Crippen LogP contribution is -1.96. The predicted octanol–water partition coefficient (Wildman–Crippen LogP) is 3.30. The molecule has 0 saturated carbocycles. The number of carbonyl (C=O) groups excluding carboxylic acids is 1. The van der Waals surface area contributed by atoms with Gasteiger partial charge in [-0.3, -0.25) is 0 Å². The minimum Gasteiger partial charge on any atom is -0.346 e. The maximum atomic E-state index is 11.3. The SMILES string of the molecule is N#COC(=O)c1cc2cccc(Br)c2s1. The summed E-state index contributed by atoms with van der Waals surface area (Å²) in [7, 11) is 0. The maximum absolute atomic E-state index is 11.3. The number of esters is 1. The van der Waals surface area contributed by atoms with Crippen LogP contribution in [0.3, 0.4) is 0 Å². The minimum atomic E-state index is -0.606. The molecule has 0 saturated heterocycles. The number of nitrogens with zero attached hydrogens (tertiary/aromatic N) is 1. The van der Waals surface area contributed by atoms with E-state index in [1.165, 1.54) is 17.6 Å². The van der Waals surface area contributed by atoms with Gasteiger partial charge < -0.3 is 4.74 Å². The van der Waals surface area contributed by atoms with Gasteiger partial charge in [0.1, 0.15) is 4.88 Å². The van der Waals surface area contributed by atoms with Gasteiger partial charge in [-0.1, -0.05) is 12.1 Å². The molecule has 0 bridgehead atoms. The average Bonchev–Trinajstić information content (AvgIpc) is 2.63. The van der Waals surface area contributed by atoms with E-state index in [0.29, 0.717) is 4.88 Å². The van der Waals surface area contributed by atoms with Crippen LogP contribution in [-0.4, -0.2) is 5.97 Å². The molecule has 2 aromatic rings. The first-order chi connectivity index (χ1) is 7.22. The fourth-order valence-corrected chi connectivity index (χ4v) is 2.79. The highest BCUT2D eigenvalue weighted by molar-refractivity contribution is 9.10. The molecule has 1 heterocycles. The molecule has 0 radical (unpaired) electrons. The molecule has 1 aromatic carbocycles. The van der Waals surface area contributed by atoms with E-state index in [2.05, 4.69) is 20.7 Å². The molecular weight excluding hydrogens is 278 g/mol.